The highest BCUT2D eigenvalue weighted by atomic mass is 19.4. The maximum atomic E-state index is 15.1. The highest BCUT2D eigenvalue weighted by molar-refractivity contribution is 5.95. The summed E-state index contributed by atoms with van der Waals surface area (Å²) in [6, 6.07) is 13.2. The molecule has 2 atom stereocenters. The minimum Gasteiger partial charge on any atom is -0.481 e. The number of carboxylic acid groups (broad SMARTS) is 1. The Kier molecular flexibility index (Phi) is 10.1. The van der Waals surface area contributed by atoms with Gasteiger partial charge in [0.1, 0.15) is 23.2 Å². The number of carboxylic acids is 1. The largest absolute Gasteiger partial charge is 0.481 e. The number of hydrogen-bond donors (Lipinski definition) is 2. The van der Waals surface area contributed by atoms with Crippen molar-refractivity contribution in [2.45, 2.75) is 43.5 Å². The average molecular weight is 688 g/mol. The first-order valence-corrected chi connectivity index (χ1v) is 13.8. The number of hydrogen-bond acceptors (Lipinski definition) is 3. The Hall–Kier alpha value is -5.08. The zero-order valence-electron chi connectivity index (χ0n) is 24.4. The molecule has 254 valence electrons. The van der Waals surface area contributed by atoms with Crippen LogP contribution in [0.1, 0.15) is 51.0 Å². The third kappa shape index (κ3) is 7.72. The summed E-state index contributed by atoms with van der Waals surface area (Å²) in [4.78, 5) is 25.6. The van der Waals surface area contributed by atoms with E-state index >= 15 is 4.39 Å². The molecule has 0 aromatic heterocycles. The standard InChI is InChI=1S/C33H23F10NO4/c1-17(29(46)47)24-14-20(8-10-26(24)35)31(16-18-5-3-2-4-6-18,21-12-22(34)15-23(13-21)48-33(42,43)30(37)38)44-28(45)19-7-9-27(36)25(11-19)32(39,40)41/h2-15,17,30H,16H2,1H3,(H,44,45)(H,46,47)/t17-,31?/m1/s1. The molecule has 0 fully saturated rings. The Bertz CT molecular complexity index is 1810. The van der Waals surface area contributed by atoms with Gasteiger partial charge in [0, 0.05) is 23.6 Å². The van der Waals surface area contributed by atoms with Gasteiger partial charge in [-0.3, -0.25) is 9.59 Å². The van der Waals surface area contributed by atoms with E-state index in [0.717, 1.165) is 25.1 Å². The van der Waals surface area contributed by atoms with Crippen LogP contribution in [0.3, 0.4) is 0 Å². The Labute approximate surface area is 265 Å². The summed E-state index contributed by atoms with van der Waals surface area (Å²) in [5, 5.41) is 12.0. The fourth-order valence-corrected chi connectivity index (χ4v) is 4.95. The van der Waals surface area contributed by atoms with E-state index in [1.54, 1.807) is 6.07 Å². The monoisotopic (exact) mass is 687 g/mol. The van der Waals surface area contributed by atoms with E-state index in [2.05, 4.69) is 10.1 Å². The van der Waals surface area contributed by atoms with Crippen molar-refractivity contribution in [1.29, 1.82) is 0 Å². The van der Waals surface area contributed by atoms with Crippen molar-refractivity contribution < 1.29 is 63.3 Å². The molecule has 4 rings (SSSR count). The van der Waals surface area contributed by atoms with Crippen LogP contribution in [0.4, 0.5) is 43.9 Å². The third-order valence-electron chi connectivity index (χ3n) is 7.37. The molecule has 0 bridgehead atoms. The van der Waals surface area contributed by atoms with Crippen LogP contribution < -0.4 is 10.1 Å². The molecule has 0 radical (unpaired) electrons. The lowest BCUT2D eigenvalue weighted by atomic mass is 9.76. The van der Waals surface area contributed by atoms with Crippen LogP contribution in [-0.4, -0.2) is 29.5 Å². The molecule has 0 saturated carbocycles. The fourth-order valence-electron chi connectivity index (χ4n) is 4.95. The second-order valence-corrected chi connectivity index (χ2v) is 10.7. The molecule has 1 unspecified atom stereocenters. The molecule has 48 heavy (non-hydrogen) atoms. The summed E-state index contributed by atoms with van der Waals surface area (Å²) in [7, 11) is 0. The minimum atomic E-state index is -5.24. The maximum absolute atomic E-state index is 15.1. The highest BCUT2D eigenvalue weighted by Gasteiger charge is 2.45. The lowest BCUT2D eigenvalue weighted by Gasteiger charge is -2.37. The quantitative estimate of drug-likeness (QED) is 0.155. The van der Waals surface area contributed by atoms with Crippen LogP contribution in [0.25, 0.3) is 0 Å². The fraction of sp³-hybridized carbons (Fsp3) is 0.212. The van der Waals surface area contributed by atoms with Crippen molar-refractivity contribution >= 4 is 11.9 Å². The first-order valence-electron chi connectivity index (χ1n) is 13.8. The molecule has 4 aromatic rings. The summed E-state index contributed by atoms with van der Waals surface area (Å²) in [5.41, 5.74) is -5.82. The summed E-state index contributed by atoms with van der Waals surface area (Å²) in [5.74, 6) is -9.67. The predicted octanol–water partition coefficient (Wildman–Crippen LogP) is 8.46. The van der Waals surface area contributed by atoms with Crippen molar-refractivity contribution in [2.75, 3.05) is 0 Å². The molecule has 0 saturated heterocycles. The molecule has 0 aliphatic carbocycles. The summed E-state index contributed by atoms with van der Waals surface area (Å²) < 4.78 is 143. The average Bonchev–Trinajstić information content (AvgIpc) is 3.00. The summed E-state index contributed by atoms with van der Waals surface area (Å²) in [6.45, 7) is 1.11. The van der Waals surface area contributed by atoms with Gasteiger partial charge in [0.2, 0.25) is 0 Å². The van der Waals surface area contributed by atoms with E-state index in [1.165, 1.54) is 24.3 Å². The number of carbonyl (C=O) groups is 2. The van der Waals surface area contributed by atoms with Gasteiger partial charge in [0.15, 0.2) is 0 Å². The Morgan fingerprint density at radius 2 is 1.46 bits per heavy atom. The first kappa shape index (κ1) is 35.8. The smallest absolute Gasteiger partial charge is 0.461 e. The summed E-state index contributed by atoms with van der Waals surface area (Å²) >= 11 is 0. The maximum Gasteiger partial charge on any atom is 0.461 e. The SMILES string of the molecule is C[C@@H](C(=O)O)c1cc(C(Cc2ccccc2)(NC(=O)c2ccc(F)c(C(F)(F)F)c2)c2cc(F)cc(OC(F)(F)C(F)F)c2)ccc1F. The second kappa shape index (κ2) is 13.6. The van der Waals surface area contributed by atoms with Gasteiger partial charge in [-0.05, 0) is 66.1 Å². The zero-order chi connectivity index (χ0) is 35.6. The van der Waals surface area contributed by atoms with Crippen molar-refractivity contribution in [3.05, 3.63) is 136 Å². The second-order valence-electron chi connectivity index (χ2n) is 10.7. The minimum absolute atomic E-state index is 0.184. The van der Waals surface area contributed by atoms with Crippen LogP contribution in [0, 0.1) is 17.5 Å². The number of amides is 1. The van der Waals surface area contributed by atoms with Gasteiger partial charge in [0.25, 0.3) is 5.91 Å². The third-order valence-corrected chi connectivity index (χ3v) is 7.37. The molecule has 0 aliphatic rings. The normalized spacial score (nSPS) is 13.9. The van der Waals surface area contributed by atoms with E-state index in [-0.39, 0.29) is 11.6 Å². The molecule has 1 amide bonds. The Balaban J connectivity index is 2.05. The lowest BCUT2D eigenvalue weighted by Crippen LogP contribution is -2.49. The van der Waals surface area contributed by atoms with Gasteiger partial charge in [-0.15, -0.1) is 0 Å². The zero-order valence-corrected chi connectivity index (χ0v) is 24.4. The topological polar surface area (TPSA) is 75.6 Å². The molecule has 0 heterocycles. The number of alkyl halides is 7. The van der Waals surface area contributed by atoms with Crippen molar-refractivity contribution in [1.82, 2.24) is 5.32 Å². The highest BCUT2D eigenvalue weighted by Crippen LogP contribution is 2.40. The Morgan fingerprint density at radius 1 is 0.812 bits per heavy atom. The number of rotatable bonds is 11. The predicted molar refractivity (Wildman–Crippen MR) is 150 cm³/mol. The summed E-state index contributed by atoms with van der Waals surface area (Å²) in [6.07, 6.45) is -15.2. The van der Waals surface area contributed by atoms with Gasteiger partial charge >= 0.3 is 24.7 Å². The molecule has 4 aromatic carbocycles. The molecule has 2 N–H and O–H groups in total. The van der Waals surface area contributed by atoms with E-state index in [4.69, 9.17) is 0 Å². The van der Waals surface area contributed by atoms with Gasteiger partial charge in [0.05, 0.1) is 17.0 Å². The first-order chi connectivity index (χ1) is 22.3. The van der Waals surface area contributed by atoms with Gasteiger partial charge in [-0.2, -0.15) is 30.7 Å². The number of nitrogens with one attached hydrogen (secondary N) is 1. The molecule has 5 nitrogen and oxygen atoms in total. The van der Waals surface area contributed by atoms with Gasteiger partial charge in [-0.1, -0.05) is 36.4 Å². The van der Waals surface area contributed by atoms with Crippen LogP contribution in [0.2, 0.25) is 0 Å². The van der Waals surface area contributed by atoms with E-state index in [9.17, 15) is 54.2 Å². The molecule has 0 spiro atoms. The Morgan fingerprint density at radius 3 is 2.06 bits per heavy atom. The van der Waals surface area contributed by atoms with Crippen LogP contribution in [0.15, 0.2) is 84.9 Å². The van der Waals surface area contributed by atoms with E-state index in [1.807, 2.05) is 0 Å². The lowest BCUT2D eigenvalue weighted by molar-refractivity contribution is -0.253. The van der Waals surface area contributed by atoms with Crippen molar-refractivity contribution in [3.63, 3.8) is 0 Å². The number of carbonyl (C=O) groups excluding carboxylic acids is 1. The van der Waals surface area contributed by atoms with Crippen LogP contribution in [-0.2, 0) is 22.9 Å². The number of ether oxygens (including phenoxy) is 1. The molecular formula is C33H23F10NO4. The number of aliphatic carboxylic acids is 1. The molecular weight excluding hydrogens is 664 g/mol. The molecule has 15 heteroatoms. The van der Waals surface area contributed by atoms with Crippen LogP contribution >= 0.6 is 0 Å². The molecule has 0 aliphatic heterocycles. The van der Waals surface area contributed by atoms with Gasteiger partial charge in [-0.25, -0.2) is 13.2 Å². The van der Waals surface area contributed by atoms with E-state index in [0.29, 0.717) is 35.9 Å². The number of halogens is 10. The van der Waals surface area contributed by atoms with Gasteiger partial charge < -0.3 is 15.2 Å². The van der Waals surface area contributed by atoms with Crippen LogP contribution in [0.5, 0.6) is 5.75 Å². The van der Waals surface area contributed by atoms with E-state index < -0.39 is 93.9 Å². The number of benzene rings is 4. The van der Waals surface area contributed by atoms with Crippen molar-refractivity contribution in [2.24, 2.45) is 0 Å². The van der Waals surface area contributed by atoms with Crippen molar-refractivity contribution in [3.8, 4) is 5.75 Å².